The summed E-state index contributed by atoms with van der Waals surface area (Å²) in [6.45, 7) is 9.27. The Hall–Kier alpha value is -3.90. The molecule has 1 aromatic heterocycles. The molecule has 10 nitrogen and oxygen atoms in total. The highest BCUT2D eigenvalue weighted by atomic mass is 79.9. The number of carbonyl (C=O) groups excluding carboxylic acids is 2. The van der Waals surface area contributed by atoms with E-state index in [1.165, 1.54) is 23.0 Å². The highest BCUT2D eigenvalue weighted by Gasteiger charge is 2.34. The lowest BCUT2D eigenvalue weighted by atomic mass is 9.95. The van der Waals surface area contributed by atoms with Gasteiger partial charge in [-0.3, -0.25) is 9.36 Å². The van der Waals surface area contributed by atoms with E-state index in [-0.39, 0.29) is 30.5 Å². The number of carbonyl (C=O) groups is 2. The van der Waals surface area contributed by atoms with Crippen LogP contribution in [0.2, 0.25) is 0 Å². The number of halogens is 1. The minimum absolute atomic E-state index is 0.0663. The zero-order valence-corrected chi connectivity index (χ0v) is 27.2. The van der Waals surface area contributed by atoms with Gasteiger partial charge >= 0.3 is 11.9 Å². The van der Waals surface area contributed by atoms with E-state index < -0.39 is 18.0 Å². The van der Waals surface area contributed by atoms with Crippen LogP contribution in [0.3, 0.4) is 0 Å². The lowest BCUT2D eigenvalue weighted by molar-refractivity contribution is -0.143. The van der Waals surface area contributed by atoms with Crippen molar-refractivity contribution >= 4 is 45.3 Å². The van der Waals surface area contributed by atoms with Gasteiger partial charge in [0.1, 0.15) is 5.75 Å². The molecule has 0 saturated heterocycles. The highest BCUT2D eigenvalue weighted by molar-refractivity contribution is 9.10. The van der Waals surface area contributed by atoms with Gasteiger partial charge in [0.2, 0.25) is 0 Å². The number of methoxy groups -OCH3 is 1. The molecule has 0 amide bonds. The average Bonchev–Trinajstić information content (AvgIpc) is 3.26. The molecule has 12 heteroatoms. The first-order valence-electron chi connectivity index (χ1n) is 13.7. The second kappa shape index (κ2) is 14.0. The van der Waals surface area contributed by atoms with E-state index in [9.17, 15) is 14.4 Å². The van der Waals surface area contributed by atoms with Crippen LogP contribution in [0, 0.1) is 0 Å². The standard InChI is InChI=1S/C31H33BrN2O8S/c1-7-39-24-14-19(9-11-23(24)41-16-26(35)38-6)28-27(30(37)40-8-2)18(5)33-31-34(28)29(36)25(43-31)15-20-13-21(32)10-12-22(20)42-17(3)4/h9-15,17,28H,7-8,16H2,1-6H3/b25-15+/t28-/m1/s1. The molecule has 0 unspecified atom stereocenters. The number of nitrogens with zero attached hydrogens (tertiary/aromatic N) is 2. The van der Waals surface area contributed by atoms with Crippen LogP contribution in [-0.4, -0.2) is 49.5 Å². The van der Waals surface area contributed by atoms with Crippen molar-refractivity contribution in [1.29, 1.82) is 0 Å². The van der Waals surface area contributed by atoms with Crippen molar-refractivity contribution in [3.05, 3.63) is 83.0 Å². The minimum Gasteiger partial charge on any atom is -0.490 e. The number of hydrogen-bond acceptors (Lipinski definition) is 10. The summed E-state index contributed by atoms with van der Waals surface area (Å²) in [5.74, 6) is 0.163. The first-order chi connectivity index (χ1) is 20.6. The van der Waals surface area contributed by atoms with Gasteiger partial charge in [0.05, 0.1) is 48.3 Å². The monoisotopic (exact) mass is 672 g/mol. The summed E-state index contributed by atoms with van der Waals surface area (Å²) in [7, 11) is 1.27. The molecule has 3 aromatic rings. The van der Waals surface area contributed by atoms with Crippen molar-refractivity contribution in [3.8, 4) is 17.2 Å². The molecule has 0 radical (unpaired) electrons. The van der Waals surface area contributed by atoms with Crippen molar-refractivity contribution in [1.82, 2.24) is 4.57 Å². The molecule has 0 fully saturated rings. The summed E-state index contributed by atoms with van der Waals surface area (Å²) < 4.78 is 30.2. The van der Waals surface area contributed by atoms with Gasteiger partial charge in [-0.05, 0) is 76.6 Å². The molecule has 0 N–H and O–H groups in total. The molecule has 4 rings (SSSR count). The third-order valence-electron chi connectivity index (χ3n) is 6.29. The maximum atomic E-state index is 14.1. The summed E-state index contributed by atoms with van der Waals surface area (Å²) in [4.78, 5) is 44.1. The summed E-state index contributed by atoms with van der Waals surface area (Å²) in [5, 5.41) is 0. The Morgan fingerprint density at radius 3 is 2.49 bits per heavy atom. The van der Waals surface area contributed by atoms with Gasteiger partial charge in [0, 0.05) is 10.0 Å². The first-order valence-corrected chi connectivity index (χ1v) is 15.3. The molecule has 0 spiro atoms. The fourth-order valence-electron chi connectivity index (χ4n) is 4.52. The van der Waals surface area contributed by atoms with Gasteiger partial charge in [0.25, 0.3) is 5.56 Å². The molecule has 1 aliphatic rings. The van der Waals surface area contributed by atoms with Crippen LogP contribution in [0.25, 0.3) is 6.08 Å². The van der Waals surface area contributed by atoms with Crippen LogP contribution in [0.5, 0.6) is 17.2 Å². The summed E-state index contributed by atoms with van der Waals surface area (Å²) in [6.07, 6.45) is 1.70. The van der Waals surface area contributed by atoms with Crippen LogP contribution < -0.4 is 29.1 Å². The van der Waals surface area contributed by atoms with Gasteiger partial charge in [-0.15, -0.1) is 0 Å². The number of allylic oxidation sites excluding steroid dienone is 1. The van der Waals surface area contributed by atoms with Crippen LogP contribution >= 0.6 is 27.3 Å². The predicted octanol–water partition coefficient (Wildman–Crippen LogP) is 4.30. The molecule has 43 heavy (non-hydrogen) atoms. The molecule has 1 atom stereocenters. The van der Waals surface area contributed by atoms with Crippen molar-refractivity contribution in [2.24, 2.45) is 4.99 Å². The Kier molecular flexibility index (Phi) is 10.5. The second-order valence-electron chi connectivity index (χ2n) is 9.66. The molecule has 228 valence electrons. The average molecular weight is 674 g/mol. The fraction of sp³-hybridized carbons (Fsp3) is 0.355. The number of thiazole rings is 1. The van der Waals surface area contributed by atoms with Crippen molar-refractivity contribution in [2.75, 3.05) is 26.9 Å². The smallest absolute Gasteiger partial charge is 0.343 e. The minimum atomic E-state index is -0.861. The van der Waals surface area contributed by atoms with E-state index >= 15 is 0 Å². The zero-order valence-electron chi connectivity index (χ0n) is 24.8. The third kappa shape index (κ3) is 7.19. The lowest BCUT2D eigenvalue weighted by Crippen LogP contribution is -2.40. The predicted molar refractivity (Wildman–Crippen MR) is 165 cm³/mol. The largest absolute Gasteiger partial charge is 0.490 e. The van der Waals surface area contributed by atoms with Gasteiger partial charge < -0.3 is 23.7 Å². The number of hydrogen-bond donors (Lipinski definition) is 0. The molecule has 2 heterocycles. The number of aromatic nitrogens is 1. The number of ether oxygens (including phenoxy) is 5. The van der Waals surface area contributed by atoms with E-state index in [4.69, 9.17) is 18.9 Å². The van der Waals surface area contributed by atoms with Crippen molar-refractivity contribution < 1.29 is 33.3 Å². The number of benzene rings is 2. The van der Waals surface area contributed by atoms with E-state index in [0.29, 0.717) is 44.4 Å². The molecule has 0 aliphatic carbocycles. The van der Waals surface area contributed by atoms with Gasteiger partial charge in [0.15, 0.2) is 22.9 Å². The van der Waals surface area contributed by atoms with Crippen molar-refractivity contribution in [2.45, 2.75) is 46.8 Å². The topological polar surface area (TPSA) is 115 Å². The molecular formula is C31H33BrN2O8S. The molecule has 1 aliphatic heterocycles. The van der Waals surface area contributed by atoms with Crippen LogP contribution in [0.15, 0.2) is 61.9 Å². The van der Waals surface area contributed by atoms with Gasteiger partial charge in [-0.1, -0.05) is 33.3 Å². The normalized spacial score (nSPS) is 14.7. The van der Waals surface area contributed by atoms with E-state index in [1.54, 1.807) is 38.1 Å². The quantitative estimate of drug-likeness (QED) is 0.277. The van der Waals surface area contributed by atoms with Gasteiger partial charge in [-0.25, -0.2) is 14.6 Å². The SMILES string of the molecule is CCOC(=O)C1=C(C)N=c2s/c(=C/c3cc(Br)ccc3OC(C)C)c(=O)n2[C@@H]1c1ccc(OCC(=O)OC)c(OCC)c1. The summed E-state index contributed by atoms with van der Waals surface area (Å²) in [5.41, 5.74) is 1.63. The first kappa shape index (κ1) is 32.0. The molecular weight excluding hydrogens is 640 g/mol. The summed E-state index contributed by atoms with van der Waals surface area (Å²) in [6, 6.07) is 9.78. The number of rotatable bonds is 11. The molecule has 0 bridgehead atoms. The Morgan fingerprint density at radius 1 is 1.07 bits per heavy atom. The van der Waals surface area contributed by atoms with E-state index in [0.717, 1.165) is 10.0 Å². The maximum absolute atomic E-state index is 14.1. The van der Waals surface area contributed by atoms with Gasteiger partial charge in [-0.2, -0.15) is 0 Å². The number of esters is 2. The molecule has 0 saturated carbocycles. The Bertz CT molecular complexity index is 1740. The van der Waals surface area contributed by atoms with E-state index in [1.807, 2.05) is 39.0 Å². The maximum Gasteiger partial charge on any atom is 0.343 e. The van der Waals surface area contributed by atoms with Crippen LogP contribution in [0.1, 0.15) is 51.8 Å². The molecule has 2 aromatic carbocycles. The van der Waals surface area contributed by atoms with Crippen LogP contribution in [0.4, 0.5) is 0 Å². The van der Waals surface area contributed by atoms with E-state index in [2.05, 4.69) is 25.7 Å². The Morgan fingerprint density at radius 2 is 1.81 bits per heavy atom. The van der Waals surface area contributed by atoms with Crippen LogP contribution in [-0.2, 0) is 19.1 Å². The Balaban J connectivity index is 1.92. The second-order valence-corrected chi connectivity index (χ2v) is 11.6. The van der Waals surface area contributed by atoms with Crippen molar-refractivity contribution in [3.63, 3.8) is 0 Å². The Labute approximate surface area is 261 Å². The zero-order chi connectivity index (χ0) is 31.3. The number of fused-ring (bicyclic) bond motifs is 1. The third-order valence-corrected chi connectivity index (χ3v) is 7.77. The summed E-state index contributed by atoms with van der Waals surface area (Å²) >= 11 is 4.72. The highest BCUT2D eigenvalue weighted by Crippen LogP contribution is 2.36. The fourth-order valence-corrected chi connectivity index (χ4v) is 5.94. The lowest BCUT2D eigenvalue weighted by Gasteiger charge is -2.25.